The molecule has 0 amide bonds. The van der Waals surface area contributed by atoms with Crippen molar-refractivity contribution >= 4 is 11.7 Å². The van der Waals surface area contributed by atoms with Crippen molar-refractivity contribution in [3.05, 3.63) is 29.1 Å². The number of nitrogen functional groups attached to an aromatic ring is 1. The third-order valence-corrected chi connectivity index (χ3v) is 1.75. The quantitative estimate of drug-likeness (QED) is 0.530. The van der Waals surface area contributed by atoms with Gasteiger partial charge in [0.2, 0.25) is 0 Å². The topological polar surface area (TPSA) is 52.3 Å². The third-order valence-electron chi connectivity index (χ3n) is 1.75. The Balaban J connectivity index is 3.23. The molecule has 0 fully saturated rings. The number of ether oxygens (including phenoxy) is 1. The van der Waals surface area contributed by atoms with Gasteiger partial charge in [0.25, 0.3) is 0 Å². The summed E-state index contributed by atoms with van der Waals surface area (Å²) in [6, 6.07) is 2.48. The Morgan fingerprint density at radius 1 is 1.54 bits per heavy atom. The number of anilines is 1. The van der Waals surface area contributed by atoms with Crippen molar-refractivity contribution in [1.29, 1.82) is 0 Å². The second-order valence-corrected chi connectivity index (χ2v) is 2.68. The zero-order valence-electron chi connectivity index (χ0n) is 7.43. The third kappa shape index (κ3) is 1.77. The van der Waals surface area contributed by atoms with E-state index in [0.717, 1.165) is 6.07 Å². The predicted octanol–water partition coefficient (Wildman–Crippen LogP) is 1.50. The van der Waals surface area contributed by atoms with Gasteiger partial charge in [0.05, 0.1) is 18.4 Å². The van der Waals surface area contributed by atoms with Gasteiger partial charge in [0.1, 0.15) is 5.82 Å². The van der Waals surface area contributed by atoms with E-state index in [0.29, 0.717) is 5.56 Å². The smallest absolute Gasteiger partial charge is 0.338 e. The SMILES string of the molecule is COC(=O)c1cc(F)c(N)cc1C. The molecule has 0 radical (unpaired) electrons. The lowest BCUT2D eigenvalue weighted by atomic mass is 10.1. The number of benzene rings is 1. The molecule has 1 rings (SSSR count). The highest BCUT2D eigenvalue weighted by Crippen LogP contribution is 2.17. The molecule has 0 bridgehead atoms. The molecule has 0 aliphatic rings. The summed E-state index contributed by atoms with van der Waals surface area (Å²) in [4.78, 5) is 11.1. The highest BCUT2D eigenvalue weighted by Gasteiger charge is 2.11. The fourth-order valence-corrected chi connectivity index (χ4v) is 1.03. The van der Waals surface area contributed by atoms with Crippen LogP contribution in [0.15, 0.2) is 12.1 Å². The van der Waals surface area contributed by atoms with Crippen LogP contribution in [0.5, 0.6) is 0 Å². The van der Waals surface area contributed by atoms with Gasteiger partial charge in [-0.15, -0.1) is 0 Å². The molecular weight excluding hydrogens is 173 g/mol. The molecule has 3 nitrogen and oxygen atoms in total. The molecule has 0 aliphatic heterocycles. The maximum absolute atomic E-state index is 12.9. The molecule has 4 heteroatoms. The first-order chi connectivity index (χ1) is 6.06. The van der Waals surface area contributed by atoms with Crippen molar-refractivity contribution < 1.29 is 13.9 Å². The van der Waals surface area contributed by atoms with Gasteiger partial charge in [-0.05, 0) is 24.6 Å². The number of methoxy groups -OCH3 is 1. The van der Waals surface area contributed by atoms with Crippen molar-refractivity contribution in [2.24, 2.45) is 0 Å². The van der Waals surface area contributed by atoms with E-state index in [1.54, 1.807) is 6.92 Å². The Kier molecular flexibility index (Phi) is 2.51. The van der Waals surface area contributed by atoms with E-state index >= 15 is 0 Å². The molecule has 70 valence electrons. The Morgan fingerprint density at radius 3 is 2.69 bits per heavy atom. The number of hydrogen-bond donors (Lipinski definition) is 1. The van der Waals surface area contributed by atoms with Crippen LogP contribution in [0.1, 0.15) is 15.9 Å². The first-order valence-electron chi connectivity index (χ1n) is 3.70. The number of nitrogens with two attached hydrogens (primary N) is 1. The number of esters is 1. The zero-order valence-corrected chi connectivity index (χ0v) is 7.43. The molecule has 0 saturated heterocycles. The van der Waals surface area contributed by atoms with E-state index in [-0.39, 0.29) is 11.3 Å². The van der Waals surface area contributed by atoms with Crippen molar-refractivity contribution in [1.82, 2.24) is 0 Å². The van der Waals surface area contributed by atoms with Gasteiger partial charge in [-0.1, -0.05) is 0 Å². The Labute approximate surface area is 75.3 Å². The number of carbonyl (C=O) groups excluding carboxylic acids is 1. The van der Waals surface area contributed by atoms with Crippen molar-refractivity contribution in [3.63, 3.8) is 0 Å². The Morgan fingerprint density at radius 2 is 2.15 bits per heavy atom. The molecule has 0 unspecified atom stereocenters. The Bertz CT molecular complexity index is 350. The van der Waals surface area contributed by atoms with Gasteiger partial charge >= 0.3 is 5.97 Å². The average molecular weight is 183 g/mol. The van der Waals surface area contributed by atoms with E-state index in [2.05, 4.69) is 4.74 Å². The van der Waals surface area contributed by atoms with Crippen molar-refractivity contribution in [2.45, 2.75) is 6.92 Å². The van der Waals surface area contributed by atoms with Crippen LogP contribution >= 0.6 is 0 Å². The van der Waals surface area contributed by atoms with E-state index < -0.39 is 11.8 Å². The monoisotopic (exact) mass is 183 g/mol. The Hall–Kier alpha value is -1.58. The highest BCUT2D eigenvalue weighted by molar-refractivity contribution is 5.91. The lowest BCUT2D eigenvalue weighted by Gasteiger charge is -2.05. The fourth-order valence-electron chi connectivity index (χ4n) is 1.03. The van der Waals surface area contributed by atoms with Crippen LogP contribution in [-0.2, 0) is 4.74 Å². The van der Waals surface area contributed by atoms with E-state index in [9.17, 15) is 9.18 Å². The van der Waals surface area contributed by atoms with Gasteiger partial charge in [0.15, 0.2) is 0 Å². The molecule has 1 aromatic carbocycles. The molecular formula is C9H10FNO2. The fraction of sp³-hybridized carbons (Fsp3) is 0.222. The maximum atomic E-state index is 12.9. The zero-order chi connectivity index (χ0) is 10.0. The first kappa shape index (κ1) is 9.51. The molecule has 2 N–H and O–H groups in total. The summed E-state index contributed by atoms with van der Waals surface area (Å²) in [6.45, 7) is 1.67. The summed E-state index contributed by atoms with van der Waals surface area (Å²) in [5, 5.41) is 0. The van der Waals surface area contributed by atoms with Gasteiger partial charge in [0, 0.05) is 0 Å². The van der Waals surface area contributed by atoms with Gasteiger partial charge < -0.3 is 10.5 Å². The van der Waals surface area contributed by atoms with Crippen LogP contribution < -0.4 is 5.73 Å². The van der Waals surface area contributed by atoms with Crippen molar-refractivity contribution in [2.75, 3.05) is 12.8 Å². The minimum Gasteiger partial charge on any atom is -0.465 e. The van der Waals surface area contributed by atoms with Crippen LogP contribution in [0.2, 0.25) is 0 Å². The number of rotatable bonds is 1. The molecule has 0 atom stereocenters. The van der Waals surface area contributed by atoms with Crippen molar-refractivity contribution in [3.8, 4) is 0 Å². The van der Waals surface area contributed by atoms with Gasteiger partial charge in [-0.3, -0.25) is 0 Å². The van der Waals surface area contributed by atoms with Crippen LogP contribution in [0.25, 0.3) is 0 Å². The van der Waals surface area contributed by atoms with E-state index in [4.69, 9.17) is 5.73 Å². The van der Waals surface area contributed by atoms with Gasteiger partial charge in [-0.25, -0.2) is 9.18 Å². The molecule has 0 spiro atoms. The molecule has 1 aromatic rings. The normalized spacial score (nSPS) is 9.77. The van der Waals surface area contributed by atoms with Crippen LogP contribution in [0.4, 0.5) is 10.1 Å². The highest BCUT2D eigenvalue weighted by atomic mass is 19.1. The summed E-state index contributed by atoms with van der Waals surface area (Å²) >= 11 is 0. The molecule has 0 aromatic heterocycles. The molecule has 13 heavy (non-hydrogen) atoms. The second kappa shape index (κ2) is 3.43. The second-order valence-electron chi connectivity index (χ2n) is 2.68. The number of halogens is 1. The van der Waals surface area contributed by atoms with E-state index in [1.807, 2.05) is 0 Å². The lowest BCUT2D eigenvalue weighted by molar-refractivity contribution is 0.0599. The summed E-state index contributed by atoms with van der Waals surface area (Å²) in [5.41, 5.74) is 6.14. The van der Waals surface area contributed by atoms with Gasteiger partial charge in [-0.2, -0.15) is 0 Å². The number of hydrogen-bond acceptors (Lipinski definition) is 3. The summed E-state index contributed by atoms with van der Waals surface area (Å²) in [7, 11) is 1.25. The molecule has 0 saturated carbocycles. The summed E-state index contributed by atoms with van der Waals surface area (Å²) in [5.74, 6) is -1.16. The van der Waals surface area contributed by atoms with Crippen LogP contribution in [-0.4, -0.2) is 13.1 Å². The average Bonchev–Trinajstić information content (AvgIpc) is 2.10. The maximum Gasteiger partial charge on any atom is 0.338 e. The van der Waals surface area contributed by atoms with Crippen LogP contribution in [0.3, 0.4) is 0 Å². The molecule has 0 heterocycles. The lowest BCUT2D eigenvalue weighted by Crippen LogP contribution is -2.05. The summed E-state index contributed by atoms with van der Waals surface area (Å²) in [6.07, 6.45) is 0. The number of aryl methyl sites for hydroxylation is 1. The van der Waals surface area contributed by atoms with E-state index in [1.165, 1.54) is 13.2 Å². The number of carbonyl (C=O) groups is 1. The van der Waals surface area contributed by atoms with Crippen LogP contribution in [0, 0.1) is 12.7 Å². The minimum absolute atomic E-state index is 0.0325. The first-order valence-corrected chi connectivity index (χ1v) is 3.70. The molecule has 0 aliphatic carbocycles. The predicted molar refractivity (Wildman–Crippen MR) is 46.9 cm³/mol. The largest absolute Gasteiger partial charge is 0.465 e. The summed E-state index contributed by atoms with van der Waals surface area (Å²) < 4.78 is 17.4. The standard InChI is InChI=1S/C9H10FNO2/c1-5-3-8(11)7(10)4-6(5)9(12)13-2/h3-4H,11H2,1-2H3. The minimum atomic E-state index is -0.606.